The van der Waals surface area contributed by atoms with Gasteiger partial charge in [0.05, 0.1) is 0 Å². The fourth-order valence-corrected chi connectivity index (χ4v) is 0. The third kappa shape index (κ3) is 2.58. The van der Waals surface area contributed by atoms with E-state index in [0.717, 1.165) is 0 Å². The number of rotatable bonds is 1. The fourth-order valence-electron chi connectivity index (χ4n) is 0. The number of hydrogen-bond donors (Lipinski definition) is 2. The van der Waals surface area contributed by atoms with Crippen LogP contribution in [0.4, 0.5) is 0 Å². The van der Waals surface area contributed by atoms with Crippen molar-refractivity contribution in [1.29, 1.82) is 0 Å². The summed E-state index contributed by atoms with van der Waals surface area (Å²) < 4.78 is 0. The van der Waals surface area contributed by atoms with Crippen LogP contribution in [-0.2, 0) is 0 Å². The highest BCUT2D eigenvalue weighted by molar-refractivity contribution is 7.14. The van der Waals surface area contributed by atoms with Crippen molar-refractivity contribution in [3.05, 3.63) is 0 Å². The van der Waals surface area contributed by atoms with Crippen LogP contribution in [0.5, 0.6) is 0 Å². The van der Waals surface area contributed by atoms with Crippen molar-refractivity contribution < 1.29 is 9.59 Å². The minimum absolute atomic E-state index is 1.55. The molecule has 0 aromatic carbocycles. The highest BCUT2D eigenvalue weighted by Gasteiger charge is 2.06. The molecule has 6 heavy (non-hydrogen) atoms. The van der Waals surface area contributed by atoms with Crippen LogP contribution in [0.15, 0.2) is 0 Å². The topological polar surface area (TPSA) is 40.5 Å². The van der Waals surface area contributed by atoms with E-state index in [1.54, 1.807) is 13.1 Å². The molecule has 0 rings (SSSR count). The van der Waals surface area contributed by atoms with Gasteiger partial charge in [0.2, 0.25) is 0 Å². The van der Waals surface area contributed by atoms with E-state index in [0.29, 0.717) is 0 Å². The van der Waals surface area contributed by atoms with Crippen molar-refractivity contribution >= 4 is 17.1 Å². The van der Waals surface area contributed by atoms with Gasteiger partial charge in [-0.05, 0) is 13.1 Å². The molecule has 2 atom stereocenters. The number of hydrogen-bond acceptors (Lipinski definition) is 2. The van der Waals surface area contributed by atoms with Gasteiger partial charge >= 0.3 is 0 Å². The molecular formula is C2H10O2Si2. The van der Waals surface area contributed by atoms with Gasteiger partial charge in [-0.1, -0.05) is 0 Å². The Kier molecular flexibility index (Phi) is 2.66. The maximum atomic E-state index is 8.58. The summed E-state index contributed by atoms with van der Waals surface area (Å²) >= 11 is 0. The first-order valence-corrected chi connectivity index (χ1v) is 8.01. The molecule has 0 heterocycles. The van der Waals surface area contributed by atoms with Crippen molar-refractivity contribution in [2.75, 3.05) is 0 Å². The predicted molar refractivity (Wildman–Crippen MR) is 30.5 cm³/mol. The SMILES string of the molecule is C[Si@H](O)[Si@@H](C)O. The van der Waals surface area contributed by atoms with Crippen molar-refractivity contribution in [1.82, 2.24) is 0 Å². The first-order chi connectivity index (χ1) is 2.64. The molecule has 0 unspecified atom stereocenters. The van der Waals surface area contributed by atoms with E-state index in [2.05, 4.69) is 0 Å². The predicted octanol–water partition coefficient (Wildman–Crippen LogP) is -1.24. The average molecular weight is 122 g/mol. The summed E-state index contributed by atoms with van der Waals surface area (Å²) in [5.74, 6) is 0. The van der Waals surface area contributed by atoms with Gasteiger partial charge in [-0.15, -0.1) is 0 Å². The lowest BCUT2D eigenvalue weighted by atomic mass is 11.9. The van der Waals surface area contributed by atoms with E-state index in [1.165, 1.54) is 0 Å². The van der Waals surface area contributed by atoms with Gasteiger partial charge in [0.1, 0.15) is 0 Å². The second-order valence-corrected chi connectivity index (χ2v) is 10.2. The van der Waals surface area contributed by atoms with Crippen molar-refractivity contribution in [2.24, 2.45) is 0 Å². The average Bonchev–Trinajstić information content (AvgIpc) is 1.36. The van der Waals surface area contributed by atoms with Crippen LogP contribution in [0, 0.1) is 0 Å². The lowest BCUT2D eigenvalue weighted by Crippen LogP contribution is -2.28. The zero-order chi connectivity index (χ0) is 5.15. The summed E-state index contributed by atoms with van der Waals surface area (Å²) in [5.41, 5.74) is 0. The smallest absolute Gasteiger partial charge is 0.184 e. The maximum Gasteiger partial charge on any atom is 0.184 e. The second-order valence-electron chi connectivity index (χ2n) is 1.48. The van der Waals surface area contributed by atoms with Crippen LogP contribution >= 0.6 is 0 Å². The quantitative estimate of drug-likeness (QED) is 0.427. The van der Waals surface area contributed by atoms with E-state index in [4.69, 9.17) is 9.59 Å². The Morgan fingerprint density at radius 1 is 1.00 bits per heavy atom. The molecule has 38 valence electrons. The molecule has 0 aromatic rings. The summed E-state index contributed by atoms with van der Waals surface area (Å²) in [6, 6.07) is 0. The normalized spacial score (nSPS) is 20.0. The summed E-state index contributed by atoms with van der Waals surface area (Å²) in [6.45, 7) is 3.49. The van der Waals surface area contributed by atoms with Gasteiger partial charge in [0.15, 0.2) is 17.1 Å². The summed E-state index contributed by atoms with van der Waals surface area (Å²) in [7, 11) is -3.10. The Labute approximate surface area is 40.7 Å². The van der Waals surface area contributed by atoms with E-state index >= 15 is 0 Å². The van der Waals surface area contributed by atoms with Crippen LogP contribution in [0.1, 0.15) is 0 Å². The molecule has 0 saturated heterocycles. The molecule has 0 saturated carbocycles. The summed E-state index contributed by atoms with van der Waals surface area (Å²) in [4.78, 5) is 17.2. The third-order valence-corrected chi connectivity index (χ3v) is 6.28. The maximum absolute atomic E-state index is 8.58. The first kappa shape index (κ1) is 6.35. The van der Waals surface area contributed by atoms with Crippen LogP contribution in [0.25, 0.3) is 0 Å². The molecule has 0 aliphatic rings. The van der Waals surface area contributed by atoms with Crippen molar-refractivity contribution in [3.8, 4) is 0 Å². The molecule has 0 aliphatic carbocycles. The van der Waals surface area contributed by atoms with Crippen LogP contribution in [0.2, 0.25) is 13.1 Å². The van der Waals surface area contributed by atoms with Gasteiger partial charge in [0, 0.05) is 0 Å². The molecule has 0 bridgehead atoms. The summed E-state index contributed by atoms with van der Waals surface area (Å²) in [6.07, 6.45) is 0. The van der Waals surface area contributed by atoms with E-state index in [9.17, 15) is 0 Å². The molecule has 2 nitrogen and oxygen atoms in total. The second kappa shape index (κ2) is 2.51. The van der Waals surface area contributed by atoms with Gasteiger partial charge < -0.3 is 9.59 Å². The van der Waals surface area contributed by atoms with Gasteiger partial charge in [-0.25, -0.2) is 0 Å². The van der Waals surface area contributed by atoms with Crippen LogP contribution in [-0.4, -0.2) is 26.7 Å². The van der Waals surface area contributed by atoms with Crippen LogP contribution in [0.3, 0.4) is 0 Å². The van der Waals surface area contributed by atoms with Crippen LogP contribution < -0.4 is 0 Å². The Morgan fingerprint density at radius 3 is 1.17 bits per heavy atom. The molecule has 0 aromatic heterocycles. The molecule has 0 amide bonds. The van der Waals surface area contributed by atoms with E-state index < -0.39 is 17.1 Å². The largest absolute Gasteiger partial charge is 0.435 e. The van der Waals surface area contributed by atoms with Crippen molar-refractivity contribution in [3.63, 3.8) is 0 Å². The Balaban J connectivity index is 2.99. The minimum atomic E-state index is -1.55. The Hall–Kier alpha value is 0.354. The Morgan fingerprint density at radius 2 is 1.17 bits per heavy atom. The highest BCUT2D eigenvalue weighted by atomic mass is 29.2. The highest BCUT2D eigenvalue weighted by Crippen LogP contribution is 1.76. The molecule has 0 spiro atoms. The lowest BCUT2D eigenvalue weighted by molar-refractivity contribution is 0.555. The first-order valence-electron chi connectivity index (χ1n) is 2.00. The molecule has 0 radical (unpaired) electrons. The monoisotopic (exact) mass is 122 g/mol. The molecule has 4 heteroatoms. The van der Waals surface area contributed by atoms with Gasteiger partial charge in [-0.3, -0.25) is 0 Å². The summed E-state index contributed by atoms with van der Waals surface area (Å²) in [5, 5.41) is 0. The zero-order valence-corrected chi connectivity index (χ0v) is 6.36. The minimum Gasteiger partial charge on any atom is -0.435 e. The third-order valence-electron chi connectivity index (χ3n) is 0.698. The zero-order valence-electron chi connectivity index (χ0n) is 4.05. The van der Waals surface area contributed by atoms with E-state index in [1.807, 2.05) is 0 Å². The van der Waals surface area contributed by atoms with Gasteiger partial charge in [0.25, 0.3) is 0 Å². The fraction of sp³-hybridized carbons (Fsp3) is 1.00. The molecule has 0 aliphatic heterocycles. The van der Waals surface area contributed by atoms with Crippen molar-refractivity contribution in [2.45, 2.75) is 13.1 Å². The Bertz CT molecular complexity index is 30.5. The lowest BCUT2D eigenvalue weighted by Gasteiger charge is -1.98. The molecule has 2 N–H and O–H groups in total. The molecule has 0 fully saturated rings. The van der Waals surface area contributed by atoms with Gasteiger partial charge in [-0.2, -0.15) is 0 Å². The van der Waals surface area contributed by atoms with E-state index in [-0.39, 0.29) is 0 Å². The standard InChI is InChI=1S/C2H10O2Si2/c1-5(3)6(2)4/h3-6H,1-2H3/t5-,6+. The molecular weight excluding hydrogens is 112 g/mol.